The molecule has 0 aromatic heterocycles. The fourth-order valence-electron chi connectivity index (χ4n) is 8.20. The fraction of sp³-hybridized carbons (Fsp3) is 0.710. The zero-order valence-corrected chi connectivity index (χ0v) is 21.9. The van der Waals surface area contributed by atoms with Crippen molar-refractivity contribution in [2.45, 2.75) is 105 Å². The van der Waals surface area contributed by atoms with Crippen LogP contribution in [-0.2, 0) is 4.79 Å². The summed E-state index contributed by atoms with van der Waals surface area (Å²) in [6.45, 7) is 14.8. The summed E-state index contributed by atoms with van der Waals surface area (Å²) >= 11 is 0. The van der Waals surface area contributed by atoms with Crippen molar-refractivity contribution in [2.24, 2.45) is 34.5 Å². The molecule has 0 amide bonds. The number of ketones is 1. The predicted molar refractivity (Wildman–Crippen MR) is 140 cm³/mol. The van der Waals surface area contributed by atoms with Crippen LogP contribution in [0.1, 0.15) is 98.8 Å². The maximum absolute atomic E-state index is 13.4. The van der Waals surface area contributed by atoms with Crippen molar-refractivity contribution in [2.75, 3.05) is 0 Å². The lowest BCUT2D eigenvalue weighted by Crippen LogP contribution is -2.51. The number of Topliss-reactive ketones (excluding diaryl/α,β-unsaturated/α-hetero) is 1. The van der Waals surface area contributed by atoms with Gasteiger partial charge in [-0.1, -0.05) is 70.2 Å². The van der Waals surface area contributed by atoms with E-state index in [9.17, 15) is 9.90 Å². The lowest BCUT2D eigenvalue weighted by Gasteiger charge is -2.58. The van der Waals surface area contributed by atoms with Crippen molar-refractivity contribution in [3.05, 3.63) is 48.1 Å². The van der Waals surface area contributed by atoms with Crippen molar-refractivity contribution in [1.29, 1.82) is 0 Å². The first-order valence-corrected chi connectivity index (χ1v) is 13.7. The maximum Gasteiger partial charge on any atom is 0.136 e. The Labute approximate surface area is 203 Å². The van der Waals surface area contributed by atoms with E-state index in [2.05, 4.69) is 32.6 Å². The van der Waals surface area contributed by atoms with E-state index in [1.807, 2.05) is 39.0 Å². The molecule has 1 N–H and O–H groups in total. The molecule has 4 aliphatic rings. The quantitative estimate of drug-likeness (QED) is 0.327. The largest absolute Gasteiger partial charge is 0.393 e. The minimum Gasteiger partial charge on any atom is -0.393 e. The van der Waals surface area contributed by atoms with Crippen LogP contribution in [0.3, 0.4) is 0 Å². The molecule has 0 heterocycles. The summed E-state index contributed by atoms with van der Waals surface area (Å²) in [5.74, 6) is 2.87. The Morgan fingerprint density at radius 2 is 1.88 bits per heavy atom. The zero-order chi connectivity index (χ0) is 24.2. The Kier molecular flexibility index (Phi) is 8.65. The standard InChI is InChI=1S/C29H42O2.C2H6/c1-5-7-20(8-6-2)9-14-27(31)26-13-12-24-23-11-10-21-19-22(30)15-17-28(21,3)25(23)16-18-29(24,26)4;1-2/h5-8,10,22-26,30H,1,9,11-19H2,2-4H3;1-2H3/b8-6-,20-7+;. The van der Waals surface area contributed by atoms with Crippen LogP contribution in [0.25, 0.3) is 0 Å². The monoisotopic (exact) mass is 452 g/mol. The average molecular weight is 453 g/mol. The van der Waals surface area contributed by atoms with Crippen LogP contribution in [0.2, 0.25) is 0 Å². The van der Waals surface area contributed by atoms with E-state index in [0.29, 0.717) is 18.1 Å². The van der Waals surface area contributed by atoms with Crippen molar-refractivity contribution in [3.8, 4) is 0 Å². The van der Waals surface area contributed by atoms with Crippen LogP contribution in [0.5, 0.6) is 0 Å². The topological polar surface area (TPSA) is 37.3 Å². The van der Waals surface area contributed by atoms with Gasteiger partial charge in [0.25, 0.3) is 0 Å². The van der Waals surface area contributed by atoms with E-state index in [4.69, 9.17) is 0 Å². The van der Waals surface area contributed by atoms with Gasteiger partial charge in [0.1, 0.15) is 5.78 Å². The third kappa shape index (κ3) is 4.88. The highest BCUT2D eigenvalue weighted by atomic mass is 16.3. The average Bonchev–Trinajstić information content (AvgIpc) is 3.17. The molecule has 3 fully saturated rings. The molecule has 0 aliphatic heterocycles. The summed E-state index contributed by atoms with van der Waals surface area (Å²) in [6, 6.07) is 0. The molecule has 2 heteroatoms. The molecule has 7 atom stereocenters. The maximum atomic E-state index is 13.4. The molecule has 0 saturated heterocycles. The summed E-state index contributed by atoms with van der Waals surface area (Å²) in [7, 11) is 0. The number of carbonyl (C=O) groups is 1. The van der Waals surface area contributed by atoms with E-state index in [0.717, 1.165) is 50.4 Å². The van der Waals surface area contributed by atoms with Crippen LogP contribution in [0, 0.1) is 34.5 Å². The number of hydrogen-bond acceptors (Lipinski definition) is 2. The highest BCUT2D eigenvalue weighted by molar-refractivity contribution is 5.82. The number of allylic oxidation sites excluding steroid dienone is 6. The van der Waals surface area contributed by atoms with Crippen LogP contribution in [-0.4, -0.2) is 17.0 Å². The molecule has 0 aromatic rings. The molecule has 33 heavy (non-hydrogen) atoms. The van der Waals surface area contributed by atoms with Gasteiger partial charge in [0.2, 0.25) is 0 Å². The molecule has 2 nitrogen and oxygen atoms in total. The van der Waals surface area contributed by atoms with Crippen LogP contribution >= 0.6 is 0 Å². The van der Waals surface area contributed by atoms with Gasteiger partial charge in [0, 0.05) is 12.3 Å². The Balaban J connectivity index is 0.00000149. The number of carbonyl (C=O) groups excluding carboxylic acids is 1. The van der Waals surface area contributed by atoms with Gasteiger partial charge in [-0.3, -0.25) is 4.79 Å². The summed E-state index contributed by atoms with van der Waals surface area (Å²) in [5, 5.41) is 10.2. The smallest absolute Gasteiger partial charge is 0.136 e. The molecule has 7 unspecified atom stereocenters. The first kappa shape index (κ1) is 26.2. The Morgan fingerprint density at radius 3 is 2.58 bits per heavy atom. The number of fused-ring (bicyclic) bond motifs is 5. The first-order chi connectivity index (χ1) is 15.8. The minimum atomic E-state index is -0.138. The van der Waals surface area contributed by atoms with Gasteiger partial charge in [-0.25, -0.2) is 0 Å². The van der Waals surface area contributed by atoms with Crippen molar-refractivity contribution >= 4 is 5.78 Å². The van der Waals surface area contributed by atoms with Crippen molar-refractivity contribution in [1.82, 2.24) is 0 Å². The molecule has 0 spiro atoms. The van der Waals surface area contributed by atoms with E-state index in [1.165, 1.54) is 30.4 Å². The van der Waals surface area contributed by atoms with Gasteiger partial charge in [-0.05, 0) is 98.9 Å². The normalized spacial score (nSPS) is 40.1. The van der Waals surface area contributed by atoms with Crippen LogP contribution in [0.4, 0.5) is 0 Å². The second-order valence-electron chi connectivity index (χ2n) is 11.3. The third-order valence-corrected chi connectivity index (χ3v) is 9.84. The SMILES string of the molecule is C=C/C=C(\C=C/C)CCC(=O)C1CCC2C3CC=C4CC(O)CCC4(C)C3CCC12C.CC. The number of rotatable bonds is 6. The molecule has 184 valence electrons. The van der Waals surface area contributed by atoms with E-state index in [-0.39, 0.29) is 22.9 Å². The highest BCUT2D eigenvalue weighted by Gasteiger charge is 2.59. The van der Waals surface area contributed by atoms with E-state index in [1.54, 1.807) is 0 Å². The first-order valence-electron chi connectivity index (χ1n) is 13.7. The summed E-state index contributed by atoms with van der Waals surface area (Å²) in [4.78, 5) is 13.4. The fourth-order valence-corrected chi connectivity index (χ4v) is 8.20. The Morgan fingerprint density at radius 1 is 1.12 bits per heavy atom. The van der Waals surface area contributed by atoms with Gasteiger partial charge in [0.15, 0.2) is 0 Å². The van der Waals surface area contributed by atoms with Gasteiger partial charge in [-0.2, -0.15) is 0 Å². The van der Waals surface area contributed by atoms with Gasteiger partial charge >= 0.3 is 0 Å². The van der Waals surface area contributed by atoms with Gasteiger partial charge < -0.3 is 5.11 Å². The number of aliphatic hydroxyl groups excluding tert-OH is 1. The summed E-state index contributed by atoms with van der Waals surface area (Å²) in [5.41, 5.74) is 3.19. The third-order valence-electron chi connectivity index (χ3n) is 9.84. The lowest BCUT2D eigenvalue weighted by atomic mass is 9.47. The number of aliphatic hydroxyl groups is 1. The van der Waals surface area contributed by atoms with E-state index < -0.39 is 0 Å². The Hall–Kier alpha value is -1.41. The lowest BCUT2D eigenvalue weighted by molar-refractivity contribution is -0.129. The molecular formula is C31H48O2. The molecule has 4 aliphatic carbocycles. The van der Waals surface area contributed by atoms with Crippen molar-refractivity contribution < 1.29 is 9.90 Å². The Bertz CT molecular complexity index is 802. The van der Waals surface area contributed by atoms with E-state index >= 15 is 0 Å². The van der Waals surface area contributed by atoms with Crippen molar-refractivity contribution in [3.63, 3.8) is 0 Å². The second kappa shape index (κ2) is 10.9. The van der Waals surface area contributed by atoms with Crippen LogP contribution in [0.15, 0.2) is 48.1 Å². The molecule has 0 bridgehead atoms. The molecule has 4 rings (SSSR count). The minimum absolute atomic E-state index is 0.138. The zero-order valence-electron chi connectivity index (χ0n) is 21.9. The highest BCUT2D eigenvalue weighted by Crippen LogP contribution is 2.66. The van der Waals surface area contributed by atoms with Gasteiger partial charge in [0.05, 0.1) is 6.10 Å². The van der Waals surface area contributed by atoms with Gasteiger partial charge in [-0.15, -0.1) is 0 Å². The second-order valence-corrected chi connectivity index (χ2v) is 11.3. The molecule has 0 radical (unpaired) electrons. The molecular weight excluding hydrogens is 404 g/mol. The number of hydrogen-bond donors (Lipinski definition) is 1. The molecule has 0 aromatic carbocycles. The summed E-state index contributed by atoms with van der Waals surface area (Å²) in [6.07, 6.45) is 20.7. The van der Waals surface area contributed by atoms with Crippen LogP contribution < -0.4 is 0 Å². The summed E-state index contributed by atoms with van der Waals surface area (Å²) < 4.78 is 0. The molecule has 3 saturated carbocycles. The predicted octanol–water partition coefficient (Wildman–Crippen LogP) is 7.99.